The number of carbonyl (C=O) groups excluding carboxylic acids is 1. The summed E-state index contributed by atoms with van der Waals surface area (Å²) in [6, 6.07) is 33.8. The number of aliphatic hydroxyl groups excluding tert-OH is 1. The van der Waals surface area contributed by atoms with E-state index in [0.717, 1.165) is 32.3 Å². The van der Waals surface area contributed by atoms with Crippen LogP contribution in [0.3, 0.4) is 0 Å². The van der Waals surface area contributed by atoms with Gasteiger partial charge in [0.15, 0.2) is 11.6 Å². The minimum absolute atomic E-state index is 0.0515. The summed E-state index contributed by atoms with van der Waals surface area (Å²) in [6.07, 6.45) is 0.390. The number of hydrogen-bond acceptors (Lipinski definition) is 5. The smallest absolute Gasteiger partial charge is 0.255 e. The van der Waals surface area contributed by atoms with E-state index in [1.807, 2.05) is 95.9 Å². The Hall–Kier alpha value is -3.94. The molecule has 0 fully saturated rings. The van der Waals surface area contributed by atoms with Crippen LogP contribution in [0, 0.1) is 0 Å². The molecule has 208 valence electrons. The van der Waals surface area contributed by atoms with Crippen LogP contribution in [0.5, 0.6) is 5.75 Å². The maximum absolute atomic E-state index is 14.8. The standard InChI is InChI=1S/C34H31BrN2O4/c35-29-15-11-25(12-16-29)31-34(36-32(41-31)26-13-17-30(18-14-26)40-20-6-19-38)21-27-9-4-5-10-28(27)23-37(33(34)39)22-24-7-2-1-3-8-24/h1-5,7-18,31,38H,6,19-23H2/t31-,34-/m1/s1. The molecule has 0 aliphatic carbocycles. The van der Waals surface area contributed by atoms with E-state index in [1.54, 1.807) is 0 Å². The molecule has 7 heteroatoms. The van der Waals surface area contributed by atoms with Crippen molar-refractivity contribution in [1.82, 2.24) is 4.90 Å². The van der Waals surface area contributed by atoms with Gasteiger partial charge in [-0.3, -0.25) is 4.79 Å². The highest BCUT2D eigenvalue weighted by Crippen LogP contribution is 2.45. The van der Waals surface area contributed by atoms with Crippen LogP contribution in [0.4, 0.5) is 0 Å². The molecule has 1 amide bonds. The van der Waals surface area contributed by atoms with Crippen LogP contribution in [0.1, 0.15) is 40.3 Å². The van der Waals surface area contributed by atoms with Crippen LogP contribution >= 0.6 is 15.9 Å². The topological polar surface area (TPSA) is 71.4 Å². The molecular formula is C34H31BrN2O4. The lowest BCUT2D eigenvalue weighted by molar-refractivity contribution is -0.140. The number of nitrogens with zero attached hydrogens (tertiary/aromatic N) is 2. The van der Waals surface area contributed by atoms with E-state index in [0.29, 0.717) is 44.2 Å². The van der Waals surface area contributed by atoms with E-state index in [4.69, 9.17) is 19.6 Å². The summed E-state index contributed by atoms with van der Waals surface area (Å²) >= 11 is 3.54. The zero-order valence-electron chi connectivity index (χ0n) is 22.6. The normalized spacial score (nSPS) is 19.9. The van der Waals surface area contributed by atoms with Crippen molar-refractivity contribution in [2.75, 3.05) is 13.2 Å². The Morgan fingerprint density at radius 2 is 1.63 bits per heavy atom. The van der Waals surface area contributed by atoms with Gasteiger partial charge in [0.25, 0.3) is 5.91 Å². The second kappa shape index (κ2) is 11.9. The van der Waals surface area contributed by atoms with E-state index in [9.17, 15) is 4.79 Å². The molecule has 2 aliphatic heterocycles. The average Bonchev–Trinajstić information content (AvgIpc) is 3.34. The summed E-state index contributed by atoms with van der Waals surface area (Å²) in [5.74, 6) is 1.09. The molecule has 2 aliphatic rings. The molecule has 0 unspecified atom stereocenters. The van der Waals surface area contributed by atoms with Crippen LogP contribution < -0.4 is 4.74 Å². The van der Waals surface area contributed by atoms with Crippen molar-refractivity contribution in [3.63, 3.8) is 0 Å². The molecule has 1 N–H and O–H groups in total. The number of halogens is 1. The van der Waals surface area contributed by atoms with Gasteiger partial charge in [0, 0.05) is 42.6 Å². The van der Waals surface area contributed by atoms with Gasteiger partial charge in [0.1, 0.15) is 5.75 Å². The zero-order valence-corrected chi connectivity index (χ0v) is 24.2. The number of fused-ring (bicyclic) bond motifs is 1. The maximum atomic E-state index is 14.8. The first-order chi connectivity index (χ1) is 20.1. The molecular weight excluding hydrogens is 580 g/mol. The highest BCUT2D eigenvalue weighted by atomic mass is 79.9. The molecule has 0 saturated heterocycles. The third-order valence-electron chi connectivity index (χ3n) is 7.62. The summed E-state index contributed by atoms with van der Waals surface area (Å²) in [4.78, 5) is 21.9. The first-order valence-corrected chi connectivity index (χ1v) is 14.6. The van der Waals surface area contributed by atoms with E-state index >= 15 is 0 Å². The highest BCUT2D eigenvalue weighted by molar-refractivity contribution is 9.10. The van der Waals surface area contributed by atoms with Crippen molar-refractivity contribution in [2.24, 2.45) is 4.99 Å². The number of amides is 1. The molecule has 2 atom stereocenters. The quantitative estimate of drug-likeness (QED) is 0.239. The molecule has 0 bridgehead atoms. The van der Waals surface area contributed by atoms with Gasteiger partial charge in [0.2, 0.25) is 5.90 Å². The SMILES string of the molecule is O=C1N(Cc2ccccc2)Cc2ccccc2C[C@]12N=C(c1ccc(OCCCO)cc1)O[C@@H]2c1ccc(Br)cc1. The molecule has 2 heterocycles. The van der Waals surface area contributed by atoms with Gasteiger partial charge in [-0.1, -0.05) is 82.7 Å². The number of hydrogen-bond donors (Lipinski definition) is 1. The second-order valence-electron chi connectivity index (χ2n) is 10.4. The largest absolute Gasteiger partial charge is 0.494 e. The summed E-state index contributed by atoms with van der Waals surface area (Å²) < 4.78 is 13.3. The van der Waals surface area contributed by atoms with Crippen molar-refractivity contribution < 1.29 is 19.4 Å². The van der Waals surface area contributed by atoms with Crippen molar-refractivity contribution in [3.8, 4) is 5.75 Å². The minimum Gasteiger partial charge on any atom is -0.494 e. The first kappa shape index (κ1) is 27.2. The lowest BCUT2D eigenvalue weighted by atomic mass is 9.82. The number of benzene rings is 4. The van der Waals surface area contributed by atoms with Gasteiger partial charge in [-0.05, 0) is 58.7 Å². The molecule has 6 rings (SSSR count). The van der Waals surface area contributed by atoms with Gasteiger partial charge in [0.05, 0.1) is 6.61 Å². The Balaban J connectivity index is 1.44. The minimum atomic E-state index is -1.18. The van der Waals surface area contributed by atoms with E-state index < -0.39 is 11.6 Å². The van der Waals surface area contributed by atoms with Crippen LogP contribution in [0.2, 0.25) is 0 Å². The fraction of sp³-hybridized carbons (Fsp3) is 0.235. The molecule has 41 heavy (non-hydrogen) atoms. The highest BCUT2D eigenvalue weighted by Gasteiger charge is 2.56. The Morgan fingerprint density at radius 3 is 2.37 bits per heavy atom. The van der Waals surface area contributed by atoms with Crippen molar-refractivity contribution in [2.45, 2.75) is 37.6 Å². The Morgan fingerprint density at radius 1 is 0.927 bits per heavy atom. The van der Waals surface area contributed by atoms with Crippen LogP contribution in [0.15, 0.2) is 113 Å². The molecule has 0 saturated carbocycles. The van der Waals surface area contributed by atoms with E-state index in [2.05, 4.69) is 28.1 Å². The molecule has 0 aromatic heterocycles. The predicted octanol–water partition coefficient (Wildman–Crippen LogP) is 6.25. The Kier molecular flexibility index (Phi) is 7.90. The number of aliphatic hydroxyl groups is 1. The third-order valence-corrected chi connectivity index (χ3v) is 8.15. The Bertz CT molecular complexity index is 1540. The second-order valence-corrected chi connectivity index (χ2v) is 11.3. The summed E-state index contributed by atoms with van der Waals surface area (Å²) in [7, 11) is 0. The van der Waals surface area contributed by atoms with Gasteiger partial charge < -0.3 is 19.5 Å². The Labute approximate surface area is 248 Å². The average molecular weight is 612 g/mol. The number of carbonyl (C=O) groups is 1. The van der Waals surface area contributed by atoms with Gasteiger partial charge in [-0.25, -0.2) is 4.99 Å². The van der Waals surface area contributed by atoms with Crippen molar-refractivity contribution in [3.05, 3.63) is 135 Å². The number of rotatable bonds is 8. The fourth-order valence-corrected chi connectivity index (χ4v) is 5.83. The van der Waals surface area contributed by atoms with Crippen molar-refractivity contribution >= 4 is 27.7 Å². The maximum Gasteiger partial charge on any atom is 0.255 e. The van der Waals surface area contributed by atoms with Gasteiger partial charge in [-0.15, -0.1) is 0 Å². The first-order valence-electron chi connectivity index (χ1n) is 13.8. The monoisotopic (exact) mass is 610 g/mol. The summed E-state index contributed by atoms with van der Waals surface area (Å²) in [6.45, 7) is 1.50. The van der Waals surface area contributed by atoms with E-state index in [1.165, 1.54) is 0 Å². The molecule has 4 aromatic carbocycles. The molecule has 1 spiro atoms. The van der Waals surface area contributed by atoms with Crippen LogP contribution in [-0.2, 0) is 29.0 Å². The zero-order chi connectivity index (χ0) is 28.2. The number of aliphatic imine (C=N–C) groups is 1. The van der Waals surface area contributed by atoms with Crippen molar-refractivity contribution in [1.29, 1.82) is 0 Å². The molecule has 0 radical (unpaired) electrons. The van der Waals surface area contributed by atoms with Crippen LogP contribution in [0.25, 0.3) is 0 Å². The summed E-state index contributed by atoms with van der Waals surface area (Å²) in [5.41, 5.74) is 3.77. The number of ether oxygens (including phenoxy) is 2. The third kappa shape index (κ3) is 5.65. The van der Waals surface area contributed by atoms with Gasteiger partial charge in [-0.2, -0.15) is 0 Å². The fourth-order valence-electron chi connectivity index (χ4n) is 5.56. The summed E-state index contributed by atoms with van der Waals surface area (Å²) in [5, 5.41) is 9.04. The van der Waals surface area contributed by atoms with Gasteiger partial charge >= 0.3 is 0 Å². The molecule has 4 aromatic rings. The van der Waals surface area contributed by atoms with Crippen LogP contribution in [-0.4, -0.2) is 40.6 Å². The predicted molar refractivity (Wildman–Crippen MR) is 162 cm³/mol. The lowest BCUT2D eigenvalue weighted by Gasteiger charge is -2.33. The molecule has 6 nitrogen and oxygen atoms in total. The lowest BCUT2D eigenvalue weighted by Crippen LogP contribution is -2.49. The van der Waals surface area contributed by atoms with E-state index in [-0.39, 0.29) is 12.5 Å².